The van der Waals surface area contributed by atoms with Crippen LogP contribution >= 0.6 is 23.2 Å². The monoisotopic (exact) mass is 336 g/mol. The van der Waals surface area contributed by atoms with Crippen molar-refractivity contribution in [3.63, 3.8) is 0 Å². The third kappa shape index (κ3) is 2.73. The van der Waals surface area contributed by atoms with Gasteiger partial charge in [-0.2, -0.15) is 0 Å². The molecule has 0 saturated carbocycles. The number of benzene rings is 2. The second-order valence-corrected chi connectivity index (χ2v) is 5.38. The molecule has 0 unspecified atom stereocenters. The molecule has 112 valence electrons. The van der Waals surface area contributed by atoms with Crippen LogP contribution in [0.5, 0.6) is 0 Å². The van der Waals surface area contributed by atoms with E-state index in [1.807, 2.05) is 0 Å². The fraction of sp³-hybridized carbons (Fsp3) is 0.0667. The second kappa shape index (κ2) is 5.87. The average molecular weight is 337 g/mol. The van der Waals surface area contributed by atoms with Crippen LogP contribution in [0.4, 0.5) is 16.2 Å². The molecule has 5 nitrogen and oxygen atoms in total. The Kier molecular flexibility index (Phi) is 3.92. The number of esters is 1. The molecule has 1 heterocycles. The molecule has 0 saturated heterocycles. The van der Waals surface area contributed by atoms with E-state index < -0.39 is 12.0 Å². The molecule has 0 aromatic heterocycles. The largest absolute Gasteiger partial charge is 0.440 e. The Bertz CT molecular complexity index is 764. The number of anilines is 2. The highest BCUT2D eigenvalue weighted by Gasteiger charge is 2.28. The Morgan fingerprint density at radius 2 is 1.91 bits per heavy atom. The fourth-order valence-electron chi connectivity index (χ4n) is 2.08. The van der Waals surface area contributed by atoms with E-state index in [4.69, 9.17) is 27.9 Å². The molecule has 2 aromatic rings. The Morgan fingerprint density at radius 1 is 1.14 bits per heavy atom. The van der Waals surface area contributed by atoms with Gasteiger partial charge in [0, 0.05) is 5.69 Å². The maximum absolute atomic E-state index is 12.4. The summed E-state index contributed by atoms with van der Waals surface area (Å²) in [5.74, 6) is -0.450. The number of fused-ring (bicyclic) bond motifs is 1. The van der Waals surface area contributed by atoms with Crippen LogP contribution in [0.3, 0.4) is 0 Å². The average Bonchev–Trinajstić information content (AvgIpc) is 2.51. The summed E-state index contributed by atoms with van der Waals surface area (Å²) in [4.78, 5) is 25.4. The Hall–Kier alpha value is -2.24. The number of cyclic esters (lactones) is 1. The van der Waals surface area contributed by atoms with Crippen molar-refractivity contribution >= 4 is 46.6 Å². The van der Waals surface area contributed by atoms with Crippen LogP contribution < -0.4 is 10.2 Å². The number of rotatable bonds is 1. The van der Waals surface area contributed by atoms with Gasteiger partial charge in [-0.15, -0.1) is 0 Å². The Balaban J connectivity index is 1.85. The first-order valence-electron chi connectivity index (χ1n) is 6.36. The predicted octanol–water partition coefficient (Wildman–Crippen LogP) is 4.16. The van der Waals surface area contributed by atoms with Crippen molar-refractivity contribution in [2.24, 2.45) is 0 Å². The quantitative estimate of drug-likeness (QED) is 0.795. The van der Waals surface area contributed by atoms with E-state index in [0.717, 1.165) is 0 Å². The van der Waals surface area contributed by atoms with E-state index >= 15 is 0 Å². The summed E-state index contributed by atoms with van der Waals surface area (Å²) in [7, 11) is 0. The molecule has 3 rings (SSSR count). The van der Waals surface area contributed by atoms with Gasteiger partial charge in [0.1, 0.15) is 0 Å². The molecule has 0 bridgehead atoms. The molecule has 0 fully saturated rings. The SMILES string of the molecule is O=C1OCN(C(=O)Nc2ccc(Cl)c(Cl)c2)c2ccccc21. The summed E-state index contributed by atoms with van der Waals surface area (Å²) < 4.78 is 5.00. The normalized spacial score (nSPS) is 13.4. The first-order chi connectivity index (χ1) is 10.6. The molecule has 0 radical (unpaired) electrons. The number of ether oxygens (including phenoxy) is 1. The summed E-state index contributed by atoms with van der Waals surface area (Å²) in [5, 5.41) is 3.43. The molecule has 2 amide bonds. The lowest BCUT2D eigenvalue weighted by Gasteiger charge is -2.28. The predicted molar refractivity (Wildman–Crippen MR) is 84.7 cm³/mol. The van der Waals surface area contributed by atoms with Gasteiger partial charge in [0.25, 0.3) is 0 Å². The molecule has 1 aliphatic heterocycles. The van der Waals surface area contributed by atoms with Crippen molar-refractivity contribution in [3.8, 4) is 0 Å². The van der Waals surface area contributed by atoms with Crippen molar-refractivity contribution in [1.29, 1.82) is 0 Å². The fourth-order valence-corrected chi connectivity index (χ4v) is 2.38. The van der Waals surface area contributed by atoms with E-state index in [9.17, 15) is 9.59 Å². The first kappa shape index (κ1) is 14.7. The van der Waals surface area contributed by atoms with Gasteiger partial charge in [0.15, 0.2) is 6.73 Å². The van der Waals surface area contributed by atoms with Crippen molar-refractivity contribution in [3.05, 3.63) is 58.1 Å². The van der Waals surface area contributed by atoms with E-state index in [-0.39, 0.29) is 6.73 Å². The third-order valence-corrected chi connectivity index (χ3v) is 3.89. The topological polar surface area (TPSA) is 58.6 Å². The highest BCUT2D eigenvalue weighted by molar-refractivity contribution is 6.42. The molecule has 0 aliphatic carbocycles. The van der Waals surface area contributed by atoms with E-state index in [1.54, 1.807) is 42.5 Å². The van der Waals surface area contributed by atoms with Crippen LogP contribution in [-0.4, -0.2) is 18.7 Å². The van der Waals surface area contributed by atoms with Gasteiger partial charge in [0.2, 0.25) is 0 Å². The van der Waals surface area contributed by atoms with Gasteiger partial charge in [-0.05, 0) is 30.3 Å². The number of carbonyl (C=O) groups excluding carboxylic acids is 2. The third-order valence-electron chi connectivity index (χ3n) is 3.16. The summed E-state index contributed by atoms with van der Waals surface area (Å²) >= 11 is 11.8. The lowest BCUT2D eigenvalue weighted by atomic mass is 10.1. The summed E-state index contributed by atoms with van der Waals surface area (Å²) in [6.45, 7) is -0.150. The maximum Gasteiger partial charge on any atom is 0.342 e. The zero-order valence-electron chi connectivity index (χ0n) is 11.2. The lowest BCUT2D eigenvalue weighted by Crippen LogP contribution is -2.41. The lowest BCUT2D eigenvalue weighted by molar-refractivity contribution is 0.0492. The van der Waals surface area contributed by atoms with Crippen molar-refractivity contribution < 1.29 is 14.3 Å². The molecule has 1 N–H and O–H groups in total. The zero-order valence-corrected chi connectivity index (χ0v) is 12.7. The number of hydrogen-bond acceptors (Lipinski definition) is 3. The number of para-hydroxylation sites is 1. The highest BCUT2D eigenvalue weighted by Crippen LogP contribution is 2.28. The number of urea groups is 1. The zero-order chi connectivity index (χ0) is 15.7. The second-order valence-electron chi connectivity index (χ2n) is 4.57. The van der Waals surface area contributed by atoms with Gasteiger partial charge >= 0.3 is 12.0 Å². The molecular formula is C15H10Cl2N2O3. The Labute approximate surface area is 136 Å². The van der Waals surface area contributed by atoms with Gasteiger partial charge in [0.05, 0.1) is 21.3 Å². The van der Waals surface area contributed by atoms with Crippen molar-refractivity contribution in [1.82, 2.24) is 0 Å². The minimum atomic E-state index is -0.450. The first-order valence-corrected chi connectivity index (χ1v) is 7.11. The van der Waals surface area contributed by atoms with E-state index in [0.29, 0.717) is 27.0 Å². The summed E-state index contributed by atoms with van der Waals surface area (Å²) in [6, 6.07) is 11.1. The number of nitrogens with one attached hydrogen (secondary N) is 1. The van der Waals surface area contributed by atoms with E-state index in [1.165, 1.54) is 4.90 Å². The van der Waals surface area contributed by atoms with Gasteiger partial charge in [-0.1, -0.05) is 35.3 Å². The number of nitrogens with zero attached hydrogens (tertiary/aromatic N) is 1. The standard InChI is InChI=1S/C15H10Cl2N2O3/c16-11-6-5-9(7-12(11)17)18-15(21)19-8-22-14(20)10-3-1-2-4-13(10)19/h1-7H,8H2,(H,18,21). The number of carbonyl (C=O) groups is 2. The number of amides is 2. The van der Waals surface area contributed by atoms with Crippen LogP contribution in [0.1, 0.15) is 10.4 Å². The van der Waals surface area contributed by atoms with Crippen LogP contribution in [0.25, 0.3) is 0 Å². The van der Waals surface area contributed by atoms with Crippen LogP contribution in [0.2, 0.25) is 10.0 Å². The number of hydrogen-bond donors (Lipinski definition) is 1. The molecule has 0 spiro atoms. The maximum atomic E-state index is 12.4. The molecule has 1 aliphatic rings. The summed E-state index contributed by atoms with van der Waals surface area (Å²) in [6.07, 6.45) is 0. The van der Waals surface area contributed by atoms with Gasteiger partial charge in [-0.3, -0.25) is 4.90 Å². The number of halogens is 2. The molecule has 22 heavy (non-hydrogen) atoms. The highest BCUT2D eigenvalue weighted by atomic mass is 35.5. The molecule has 0 atom stereocenters. The van der Waals surface area contributed by atoms with Gasteiger partial charge < -0.3 is 10.1 Å². The minimum absolute atomic E-state index is 0.150. The van der Waals surface area contributed by atoms with Crippen molar-refractivity contribution in [2.75, 3.05) is 16.9 Å². The molecule has 2 aromatic carbocycles. The van der Waals surface area contributed by atoms with E-state index in [2.05, 4.69) is 5.32 Å². The molecule has 7 heteroatoms. The van der Waals surface area contributed by atoms with Crippen LogP contribution in [0.15, 0.2) is 42.5 Å². The summed E-state index contributed by atoms with van der Waals surface area (Å²) in [5.41, 5.74) is 1.34. The Morgan fingerprint density at radius 3 is 2.68 bits per heavy atom. The minimum Gasteiger partial charge on any atom is -0.440 e. The van der Waals surface area contributed by atoms with Crippen LogP contribution in [0, 0.1) is 0 Å². The van der Waals surface area contributed by atoms with Crippen LogP contribution in [-0.2, 0) is 4.74 Å². The van der Waals surface area contributed by atoms with Crippen molar-refractivity contribution in [2.45, 2.75) is 0 Å². The van der Waals surface area contributed by atoms with Gasteiger partial charge in [-0.25, -0.2) is 9.59 Å². The smallest absolute Gasteiger partial charge is 0.342 e. The molecular weight excluding hydrogens is 327 g/mol.